The van der Waals surface area contributed by atoms with Crippen molar-refractivity contribution in [2.24, 2.45) is 5.92 Å². The van der Waals surface area contributed by atoms with Gasteiger partial charge in [0.2, 0.25) is 0 Å². The van der Waals surface area contributed by atoms with Crippen LogP contribution in [0.1, 0.15) is 97.0 Å². The molecule has 2 atom stereocenters. The fourth-order valence-electron chi connectivity index (χ4n) is 3.25. The Balaban J connectivity index is 2.35. The predicted octanol–water partition coefficient (Wildman–Crippen LogP) is 7.81. The van der Waals surface area contributed by atoms with Gasteiger partial charge in [-0.3, -0.25) is 0 Å². The highest BCUT2D eigenvalue weighted by Crippen LogP contribution is 2.38. The van der Waals surface area contributed by atoms with E-state index in [-0.39, 0.29) is 0 Å². The van der Waals surface area contributed by atoms with Crippen LogP contribution in [-0.2, 0) is 10.9 Å². The molecule has 0 radical (unpaired) electrons. The highest BCUT2D eigenvalue weighted by Gasteiger charge is 2.15. The molecule has 1 aromatic rings. The molecule has 0 aliphatic carbocycles. The molecule has 0 fully saturated rings. The summed E-state index contributed by atoms with van der Waals surface area (Å²) in [6, 6.07) is 8.05. The van der Waals surface area contributed by atoms with Crippen LogP contribution in [0.3, 0.4) is 0 Å². The summed E-state index contributed by atoms with van der Waals surface area (Å²) in [6.45, 7) is 7.22. The molecular formula is C23H41O3P. The van der Waals surface area contributed by atoms with Gasteiger partial charge in [-0.05, 0) is 36.8 Å². The third-order valence-electron chi connectivity index (χ3n) is 5.16. The summed E-state index contributed by atoms with van der Waals surface area (Å²) in [5, 5.41) is 0. The number of aryl methyl sites for hydroxylation is 1. The van der Waals surface area contributed by atoms with Crippen molar-refractivity contribution in [2.45, 2.75) is 97.8 Å². The highest BCUT2D eigenvalue weighted by atomic mass is 31.2. The van der Waals surface area contributed by atoms with Gasteiger partial charge in [0.05, 0.1) is 6.61 Å². The molecule has 0 saturated heterocycles. The first-order chi connectivity index (χ1) is 13.2. The van der Waals surface area contributed by atoms with Gasteiger partial charge in [-0.1, -0.05) is 96.8 Å². The Labute approximate surface area is 168 Å². The Hall–Kier alpha value is -0.630. The minimum Gasteiger partial charge on any atom is -0.427 e. The molecule has 0 amide bonds. The first-order valence-electron chi connectivity index (χ1n) is 11.1. The first kappa shape index (κ1) is 24.4. The molecule has 156 valence electrons. The zero-order valence-electron chi connectivity index (χ0n) is 17.8. The van der Waals surface area contributed by atoms with E-state index in [0.717, 1.165) is 25.0 Å². The minimum atomic E-state index is -1.85. The number of rotatable bonds is 17. The number of unbranched alkanes of at least 4 members (excludes halogenated alkanes) is 7. The van der Waals surface area contributed by atoms with E-state index < -0.39 is 8.60 Å². The second-order valence-electron chi connectivity index (χ2n) is 7.52. The molecule has 0 aromatic heterocycles. The molecule has 1 rings (SSSR count). The largest absolute Gasteiger partial charge is 0.427 e. The molecule has 1 aromatic carbocycles. The lowest BCUT2D eigenvalue weighted by molar-refractivity contribution is 0.204. The molecule has 4 heteroatoms. The Morgan fingerprint density at radius 3 is 2.26 bits per heavy atom. The summed E-state index contributed by atoms with van der Waals surface area (Å²) in [6.07, 6.45) is 14.8. The van der Waals surface area contributed by atoms with Crippen molar-refractivity contribution in [3.63, 3.8) is 0 Å². The smallest absolute Gasteiger partial charge is 0.394 e. The normalized spacial score (nSPS) is 13.5. The summed E-state index contributed by atoms with van der Waals surface area (Å²) in [4.78, 5) is 10.2. The second-order valence-corrected chi connectivity index (χ2v) is 8.44. The summed E-state index contributed by atoms with van der Waals surface area (Å²) < 4.78 is 11.4. The van der Waals surface area contributed by atoms with Crippen LogP contribution in [0.5, 0.6) is 5.75 Å². The van der Waals surface area contributed by atoms with Gasteiger partial charge in [-0.25, -0.2) is 0 Å². The molecule has 0 spiro atoms. The van der Waals surface area contributed by atoms with E-state index >= 15 is 0 Å². The molecule has 2 unspecified atom stereocenters. The highest BCUT2D eigenvalue weighted by molar-refractivity contribution is 7.41. The molecule has 0 heterocycles. The van der Waals surface area contributed by atoms with Crippen molar-refractivity contribution in [3.8, 4) is 5.75 Å². The number of benzene rings is 1. The topological polar surface area (TPSA) is 38.7 Å². The van der Waals surface area contributed by atoms with Gasteiger partial charge in [-0.15, -0.1) is 0 Å². The van der Waals surface area contributed by atoms with Crippen LogP contribution < -0.4 is 4.52 Å². The van der Waals surface area contributed by atoms with Crippen LogP contribution in [0.4, 0.5) is 0 Å². The summed E-state index contributed by atoms with van der Waals surface area (Å²) in [7, 11) is -1.85. The van der Waals surface area contributed by atoms with Gasteiger partial charge < -0.3 is 13.9 Å². The zero-order valence-corrected chi connectivity index (χ0v) is 18.7. The van der Waals surface area contributed by atoms with Gasteiger partial charge in [0.15, 0.2) is 0 Å². The van der Waals surface area contributed by atoms with Crippen molar-refractivity contribution < 1.29 is 13.9 Å². The van der Waals surface area contributed by atoms with E-state index in [1.807, 2.05) is 18.2 Å². The maximum absolute atomic E-state index is 10.2. The van der Waals surface area contributed by atoms with Crippen molar-refractivity contribution in [1.82, 2.24) is 0 Å². The van der Waals surface area contributed by atoms with Crippen molar-refractivity contribution in [1.29, 1.82) is 0 Å². The van der Waals surface area contributed by atoms with E-state index in [9.17, 15) is 4.89 Å². The Morgan fingerprint density at radius 2 is 1.56 bits per heavy atom. The van der Waals surface area contributed by atoms with E-state index in [1.54, 1.807) is 0 Å². The average Bonchev–Trinajstić information content (AvgIpc) is 2.68. The van der Waals surface area contributed by atoms with Gasteiger partial charge in [0, 0.05) is 0 Å². The lowest BCUT2D eigenvalue weighted by Gasteiger charge is -2.18. The molecule has 0 aliphatic heterocycles. The number of hydrogen-bond donors (Lipinski definition) is 1. The minimum absolute atomic E-state index is 0.508. The molecule has 0 aliphatic rings. The van der Waals surface area contributed by atoms with Crippen LogP contribution >= 0.6 is 8.60 Å². The van der Waals surface area contributed by atoms with Crippen LogP contribution in [0, 0.1) is 5.92 Å². The van der Waals surface area contributed by atoms with E-state index in [1.165, 1.54) is 63.4 Å². The summed E-state index contributed by atoms with van der Waals surface area (Å²) >= 11 is 0. The predicted molar refractivity (Wildman–Crippen MR) is 117 cm³/mol. The molecule has 27 heavy (non-hydrogen) atoms. The van der Waals surface area contributed by atoms with Gasteiger partial charge in [0.1, 0.15) is 5.75 Å². The van der Waals surface area contributed by atoms with Crippen LogP contribution in [-0.4, -0.2) is 11.5 Å². The third kappa shape index (κ3) is 11.7. The van der Waals surface area contributed by atoms with E-state index in [2.05, 4.69) is 26.8 Å². The van der Waals surface area contributed by atoms with E-state index in [4.69, 9.17) is 9.05 Å². The molecular weight excluding hydrogens is 355 g/mol. The van der Waals surface area contributed by atoms with Crippen molar-refractivity contribution in [2.75, 3.05) is 6.61 Å². The quantitative estimate of drug-likeness (QED) is 0.215. The monoisotopic (exact) mass is 396 g/mol. The Kier molecular flexibility index (Phi) is 14.8. The third-order valence-corrected chi connectivity index (χ3v) is 5.89. The number of hydrogen-bond acceptors (Lipinski definition) is 3. The first-order valence-corrected chi connectivity index (χ1v) is 12.2. The molecule has 0 saturated carbocycles. The maximum Gasteiger partial charge on any atom is 0.394 e. The summed E-state index contributed by atoms with van der Waals surface area (Å²) in [5.74, 6) is 1.28. The Morgan fingerprint density at radius 1 is 0.889 bits per heavy atom. The van der Waals surface area contributed by atoms with Crippen molar-refractivity contribution >= 4 is 8.60 Å². The van der Waals surface area contributed by atoms with Gasteiger partial charge in [0.25, 0.3) is 0 Å². The zero-order chi connectivity index (χ0) is 19.7. The van der Waals surface area contributed by atoms with Gasteiger partial charge in [-0.2, -0.15) is 0 Å². The fourth-order valence-corrected chi connectivity index (χ4v) is 3.99. The molecule has 0 bridgehead atoms. The Bertz CT molecular complexity index is 467. The molecule has 3 nitrogen and oxygen atoms in total. The number of para-hydroxylation sites is 1. The fraction of sp³-hybridized carbons (Fsp3) is 0.739. The summed E-state index contributed by atoms with van der Waals surface area (Å²) in [5.41, 5.74) is 1.18. The second kappa shape index (κ2) is 16.3. The molecule has 1 N–H and O–H groups in total. The van der Waals surface area contributed by atoms with Crippen LogP contribution in [0.25, 0.3) is 0 Å². The lowest BCUT2D eigenvalue weighted by Crippen LogP contribution is -2.08. The standard InChI is InChI=1S/C23H41O3P/c1-4-7-9-10-11-12-13-17-22-18-14-15-19-23(22)26-27(24)25-20-21(6-3)16-8-5-2/h14-15,18-19,21,24H,4-13,16-17,20H2,1-3H3. The maximum atomic E-state index is 10.2. The van der Waals surface area contributed by atoms with E-state index in [0.29, 0.717) is 12.5 Å². The average molecular weight is 397 g/mol. The lowest BCUT2D eigenvalue weighted by atomic mass is 10.0. The van der Waals surface area contributed by atoms with Crippen LogP contribution in [0.2, 0.25) is 0 Å². The van der Waals surface area contributed by atoms with Crippen molar-refractivity contribution in [3.05, 3.63) is 29.8 Å². The SMILES string of the molecule is CCCCCCCCCc1ccccc1OP(O)OCC(CC)CCCC. The van der Waals surface area contributed by atoms with Gasteiger partial charge >= 0.3 is 8.60 Å². The van der Waals surface area contributed by atoms with Crippen LogP contribution in [0.15, 0.2) is 24.3 Å².